The first-order chi connectivity index (χ1) is 12.7. The minimum atomic E-state index is -0.800. The highest BCUT2D eigenvalue weighted by molar-refractivity contribution is 8.03. The summed E-state index contributed by atoms with van der Waals surface area (Å²) < 4.78 is 14.5. The molecule has 28 heavy (non-hydrogen) atoms. The van der Waals surface area contributed by atoms with Crippen molar-refractivity contribution in [3.8, 4) is 0 Å². The molecular formula is C19H36BNO6S. The molecule has 0 aliphatic rings. The average Bonchev–Trinajstić information content (AvgIpc) is 2.53. The van der Waals surface area contributed by atoms with Crippen molar-refractivity contribution < 1.29 is 28.6 Å². The van der Waals surface area contributed by atoms with E-state index in [9.17, 15) is 14.4 Å². The third-order valence-corrected chi connectivity index (χ3v) is 2.44. The topological polar surface area (TPSA) is 90.9 Å². The Hall–Kier alpha value is -1.64. The Morgan fingerprint density at radius 2 is 1.57 bits per heavy atom. The molecule has 0 aromatic heterocycles. The van der Waals surface area contributed by atoms with Crippen LogP contribution in [0.5, 0.6) is 0 Å². The lowest BCUT2D eigenvalue weighted by Crippen LogP contribution is -2.37. The maximum Gasteiger partial charge on any atom is 0.417 e. The van der Waals surface area contributed by atoms with Gasteiger partial charge >= 0.3 is 18.2 Å². The summed E-state index contributed by atoms with van der Waals surface area (Å²) in [5, 5.41) is 1.99. The molecule has 0 spiro atoms. The number of carbonyl (C=O) groups excluding carboxylic acids is 3. The molecule has 1 atom stereocenters. The van der Waals surface area contributed by atoms with Crippen LogP contribution in [0.4, 0.5) is 9.59 Å². The summed E-state index contributed by atoms with van der Waals surface area (Å²) in [5.41, 5.74) is -0.764. The quantitative estimate of drug-likeness (QED) is 0.226. The second kappa shape index (κ2) is 16.3. The highest BCUT2D eigenvalue weighted by Gasteiger charge is 2.20. The van der Waals surface area contributed by atoms with E-state index < -0.39 is 17.8 Å². The van der Waals surface area contributed by atoms with Gasteiger partial charge in [0.15, 0.2) is 7.12 Å². The van der Waals surface area contributed by atoms with Crippen LogP contribution in [0.25, 0.3) is 0 Å². The van der Waals surface area contributed by atoms with Gasteiger partial charge in [0.25, 0.3) is 0 Å². The number of hydrogen-bond donors (Lipinski definition) is 2. The van der Waals surface area contributed by atoms with Crippen molar-refractivity contribution in [2.75, 3.05) is 13.2 Å². The summed E-state index contributed by atoms with van der Waals surface area (Å²) in [6.07, 6.45) is 0.601. The van der Waals surface area contributed by atoms with E-state index >= 15 is 0 Å². The number of amides is 2. The van der Waals surface area contributed by atoms with Crippen LogP contribution in [0.2, 0.25) is 0 Å². The van der Waals surface area contributed by atoms with Crippen LogP contribution in [-0.2, 0) is 19.0 Å². The van der Waals surface area contributed by atoms with Crippen molar-refractivity contribution in [2.45, 2.75) is 67.4 Å². The zero-order chi connectivity index (χ0) is 23.0. The molecular weight excluding hydrogens is 381 g/mol. The van der Waals surface area contributed by atoms with Gasteiger partial charge in [0, 0.05) is 0 Å². The van der Waals surface area contributed by atoms with Crippen LogP contribution in [0.15, 0.2) is 12.7 Å². The van der Waals surface area contributed by atoms with Gasteiger partial charge in [0.1, 0.15) is 5.60 Å². The van der Waals surface area contributed by atoms with Crippen LogP contribution in [0.1, 0.15) is 61.8 Å². The Balaban J connectivity index is -0.000000447. The lowest BCUT2D eigenvalue weighted by Gasteiger charge is -2.20. The van der Waals surface area contributed by atoms with Gasteiger partial charge in [-0.1, -0.05) is 33.8 Å². The first kappa shape index (κ1) is 31.1. The fraction of sp³-hybridized carbons (Fsp3) is 0.737. The molecule has 0 aromatic rings. The Morgan fingerprint density at radius 1 is 1.07 bits per heavy atom. The molecule has 2 radical (unpaired) electrons. The monoisotopic (exact) mass is 417 g/mol. The van der Waals surface area contributed by atoms with Gasteiger partial charge in [-0.3, -0.25) is 4.79 Å². The highest BCUT2D eigenvalue weighted by atomic mass is 32.1. The Labute approximate surface area is 176 Å². The molecule has 0 aliphatic carbocycles. The molecule has 0 saturated carbocycles. The number of rotatable bonds is 5. The number of esters is 1. The number of nitrogens with one attached hydrogen (secondary N) is 1. The van der Waals surface area contributed by atoms with E-state index in [1.54, 1.807) is 33.8 Å². The lowest BCUT2D eigenvalue weighted by molar-refractivity contribution is -0.143. The Morgan fingerprint density at radius 3 is 1.93 bits per heavy atom. The van der Waals surface area contributed by atoms with E-state index in [2.05, 4.69) is 26.2 Å². The molecule has 162 valence electrons. The maximum atomic E-state index is 11.2. The van der Waals surface area contributed by atoms with E-state index in [1.807, 2.05) is 33.0 Å². The second-order valence-electron chi connectivity index (χ2n) is 7.99. The maximum absolute atomic E-state index is 11.2. The summed E-state index contributed by atoms with van der Waals surface area (Å²) in [5.74, 6) is 0.0777. The number of thiol groups is 1. The molecule has 9 heteroatoms. The fourth-order valence-electron chi connectivity index (χ4n) is 1.27. The van der Waals surface area contributed by atoms with Crippen LogP contribution < -0.4 is 5.32 Å². The highest BCUT2D eigenvalue weighted by Crippen LogP contribution is 2.13. The third-order valence-electron chi connectivity index (χ3n) is 2.44. The van der Waals surface area contributed by atoms with Gasteiger partial charge in [-0.05, 0) is 39.0 Å². The molecule has 0 saturated heterocycles. The number of carbonyl (C=O) groups is 3. The van der Waals surface area contributed by atoms with Crippen LogP contribution in [-0.4, -0.2) is 44.1 Å². The minimum absolute atomic E-state index is 0.134. The number of imide groups is 1. The van der Waals surface area contributed by atoms with Gasteiger partial charge in [0.2, 0.25) is 0 Å². The fourth-order valence-corrected chi connectivity index (χ4v) is 1.27. The van der Waals surface area contributed by atoms with Gasteiger partial charge in [-0.15, -0.1) is 6.58 Å². The molecule has 0 fully saturated rings. The van der Waals surface area contributed by atoms with Crippen LogP contribution in [0.3, 0.4) is 0 Å². The van der Waals surface area contributed by atoms with Gasteiger partial charge in [0.05, 0.1) is 19.6 Å². The number of ether oxygens (including phenoxy) is 3. The SMILES string of the molecule is C=CC(C)CC(=O)OCC.CC(C)(C)COC(=O)NC(=O)OC(C)(C)C.[B]S. The van der Waals surface area contributed by atoms with E-state index in [-0.39, 0.29) is 23.9 Å². The molecule has 2 amide bonds. The predicted molar refractivity (Wildman–Crippen MR) is 116 cm³/mol. The van der Waals surface area contributed by atoms with Crippen molar-refractivity contribution in [3.05, 3.63) is 12.7 Å². The molecule has 1 unspecified atom stereocenters. The number of hydrogen-bond acceptors (Lipinski definition) is 7. The van der Waals surface area contributed by atoms with Crippen molar-refractivity contribution in [1.82, 2.24) is 5.32 Å². The van der Waals surface area contributed by atoms with E-state index in [1.165, 1.54) is 0 Å². The Bertz CT molecular complexity index is 472. The van der Waals surface area contributed by atoms with Crippen LogP contribution >= 0.6 is 12.5 Å². The zero-order valence-corrected chi connectivity index (χ0v) is 19.4. The molecule has 0 bridgehead atoms. The summed E-state index contributed by atoms with van der Waals surface area (Å²) in [6.45, 7) is 18.9. The normalized spacial score (nSPS) is 11.3. The van der Waals surface area contributed by atoms with Crippen molar-refractivity contribution in [2.24, 2.45) is 11.3 Å². The summed E-state index contributed by atoms with van der Waals surface area (Å²) >= 11 is 3.03. The summed E-state index contributed by atoms with van der Waals surface area (Å²) in [6, 6.07) is 0. The molecule has 0 aliphatic heterocycles. The Kier molecular flexibility index (Phi) is 18.1. The van der Waals surface area contributed by atoms with Gasteiger partial charge in [-0.2, -0.15) is 0 Å². The molecule has 1 N–H and O–H groups in total. The van der Waals surface area contributed by atoms with E-state index in [0.717, 1.165) is 0 Å². The van der Waals surface area contributed by atoms with Gasteiger partial charge in [-0.25, -0.2) is 27.4 Å². The molecule has 0 rings (SSSR count). The van der Waals surface area contributed by atoms with Crippen LogP contribution in [0, 0.1) is 11.3 Å². The molecule has 0 aromatic carbocycles. The molecule has 7 nitrogen and oxygen atoms in total. The first-order valence-corrected chi connectivity index (χ1v) is 9.42. The first-order valence-electron chi connectivity index (χ1n) is 8.91. The standard InChI is InChI=1S/C11H21NO4.C8H14O2.BHS/c1-10(2,3)7-15-8(13)12-9(14)16-11(4,5)6;1-4-7(3)6-8(9)10-5-2;1-2/h7H2,1-6H3,(H,12,13,14);4,7H,1,5-6H2,2-3H3;2H. The smallest absolute Gasteiger partial charge is 0.417 e. The number of alkyl carbamates (subject to hydrolysis) is 2. The third kappa shape index (κ3) is 26.6. The summed E-state index contributed by atoms with van der Waals surface area (Å²) in [4.78, 5) is 33.1. The number of allylic oxidation sites excluding steroid dienone is 1. The van der Waals surface area contributed by atoms with Crippen molar-refractivity contribution >= 4 is 37.8 Å². The lowest BCUT2D eigenvalue weighted by atomic mass is 9.99. The predicted octanol–water partition coefficient (Wildman–Crippen LogP) is 4.46. The average molecular weight is 417 g/mol. The summed E-state index contributed by atoms with van der Waals surface area (Å²) in [7, 11) is 4.19. The van der Waals surface area contributed by atoms with E-state index in [4.69, 9.17) is 14.2 Å². The second-order valence-corrected chi connectivity index (χ2v) is 7.99. The largest absolute Gasteiger partial charge is 0.466 e. The molecule has 0 heterocycles. The van der Waals surface area contributed by atoms with Crippen molar-refractivity contribution in [1.29, 1.82) is 0 Å². The van der Waals surface area contributed by atoms with Crippen molar-refractivity contribution in [3.63, 3.8) is 0 Å². The van der Waals surface area contributed by atoms with E-state index in [0.29, 0.717) is 13.0 Å². The zero-order valence-electron chi connectivity index (χ0n) is 18.5. The minimum Gasteiger partial charge on any atom is -0.466 e. The van der Waals surface area contributed by atoms with Gasteiger partial charge < -0.3 is 14.2 Å².